The van der Waals surface area contributed by atoms with Crippen LogP contribution in [-0.2, 0) is 16.0 Å². The second-order valence-corrected chi connectivity index (χ2v) is 11.6. The minimum Gasteiger partial charge on any atom is -0.387 e. The third kappa shape index (κ3) is 3.83. The number of pyridine rings is 1. The van der Waals surface area contributed by atoms with E-state index in [1.54, 1.807) is 13.2 Å². The quantitative estimate of drug-likeness (QED) is 0.697. The Hall–Kier alpha value is -1.33. The average Bonchev–Trinajstić information content (AvgIpc) is 3.12. The Bertz CT molecular complexity index is 844. The van der Waals surface area contributed by atoms with Crippen molar-refractivity contribution in [1.82, 2.24) is 4.98 Å². The minimum absolute atomic E-state index is 0.0938. The van der Waals surface area contributed by atoms with Gasteiger partial charge in [0.15, 0.2) is 0 Å². The molecule has 1 aromatic rings. The lowest BCUT2D eigenvalue weighted by Gasteiger charge is -2.57. The van der Waals surface area contributed by atoms with Gasteiger partial charge in [-0.3, -0.25) is 9.78 Å². The Kier molecular flexibility index (Phi) is 5.94. The molecule has 0 saturated heterocycles. The number of carbonyl (C=O) groups excluding carboxylic acids is 1. The Labute approximate surface area is 191 Å². The van der Waals surface area contributed by atoms with Gasteiger partial charge in [-0.1, -0.05) is 6.92 Å². The highest BCUT2D eigenvalue weighted by molar-refractivity contribution is 5.84. The third-order valence-corrected chi connectivity index (χ3v) is 10.0. The first kappa shape index (κ1) is 22.5. The lowest BCUT2D eigenvalue weighted by Crippen LogP contribution is -2.52. The molecule has 4 aliphatic carbocycles. The predicted molar refractivity (Wildman–Crippen MR) is 120 cm³/mol. The summed E-state index contributed by atoms with van der Waals surface area (Å²) in [7, 11) is 1.69. The zero-order chi connectivity index (χ0) is 22.5. The van der Waals surface area contributed by atoms with Gasteiger partial charge in [0.1, 0.15) is 11.6 Å². The van der Waals surface area contributed by atoms with Gasteiger partial charge in [-0.25, -0.2) is 4.39 Å². The fraction of sp³-hybridized carbons (Fsp3) is 0.778. The Morgan fingerprint density at radius 3 is 2.69 bits per heavy atom. The maximum absolute atomic E-state index is 13.3. The van der Waals surface area contributed by atoms with Gasteiger partial charge in [0.25, 0.3) is 0 Å². The standard InChI is InChI=1S/C27H38FNO3/c1-26-11-9-21-20-10-12-27(31,16-32-2)14-17(20)3-6-22(21)23(26)7-8-24(26)25(30)13-19-5-4-18(28)15-29-19/h4-5,15,17,20-24,31H,3,6-14,16H2,1-2H3/t17-,20+,21-,22-,23+,24-,26+,27-/m1/s1. The molecule has 32 heavy (non-hydrogen) atoms. The molecule has 1 heterocycles. The first-order valence-electron chi connectivity index (χ1n) is 12.7. The fourth-order valence-corrected chi connectivity index (χ4v) is 8.70. The lowest BCUT2D eigenvalue weighted by atomic mass is 9.49. The topological polar surface area (TPSA) is 59.4 Å². The lowest BCUT2D eigenvalue weighted by molar-refractivity contribution is -0.135. The van der Waals surface area contributed by atoms with Crippen molar-refractivity contribution in [3.05, 3.63) is 29.8 Å². The van der Waals surface area contributed by atoms with E-state index in [0.717, 1.165) is 56.3 Å². The van der Waals surface area contributed by atoms with E-state index in [0.29, 0.717) is 36.3 Å². The van der Waals surface area contributed by atoms with Crippen LogP contribution in [0.3, 0.4) is 0 Å². The normalized spacial score (nSPS) is 43.2. The maximum atomic E-state index is 13.3. The first-order chi connectivity index (χ1) is 15.3. The number of aromatic nitrogens is 1. The second-order valence-electron chi connectivity index (χ2n) is 11.6. The van der Waals surface area contributed by atoms with Gasteiger partial charge in [0.05, 0.1) is 18.4 Å². The van der Waals surface area contributed by atoms with E-state index in [2.05, 4.69) is 11.9 Å². The number of Topliss-reactive ketones (excluding diaryl/α,β-unsaturated/α-hetero) is 1. The van der Waals surface area contributed by atoms with Crippen molar-refractivity contribution in [3.63, 3.8) is 0 Å². The summed E-state index contributed by atoms with van der Waals surface area (Å²) >= 11 is 0. The molecule has 4 fully saturated rings. The van der Waals surface area contributed by atoms with Crippen LogP contribution < -0.4 is 0 Å². The van der Waals surface area contributed by atoms with Crippen LogP contribution in [0.1, 0.15) is 70.4 Å². The zero-order valence-electron chi connectivity index (χ0n) is 19.6. The number of rotatable bonds is 5. The molecule has 1 aromatic heterocycles. The molecule has 0 unspecified atom stereocenters. The van der Waals surface area contributed by atoms with Crippen molar-refractivity contribution < 1.29 is 19.0 Å². The summed E-state index contributed by atoms with van der Waals surface area (Å²) in [5.74, 6) is 3.52. The van der Waals surface area contributed by atoms with E-state index in [9.17, 15) is 14.3 Å². The summed E-state index contributed by atoms with van der Waals surface area (Å²) in [6, 6.07) is 3.05. The second kappa shape index (κ2) is 8.47. The molecular weight excluding hydrogens is 405 g/mol. The zero-order valence-corrected chi connectivity index (χ0v) is 19.6. The van der Waals surface area contributed by atoms with Crippen LogP contribution in [0.5, 0.6) is 0 Å². The van der Waals surface area contributed by atoms with Crippen molar-refractivity contribution in [1.29, 1.82) is 0 Å². The van der Waals surface area contributed by atoms with Crippen LogP contribution in [0.4, 0.5) is 4.39 Å². The van der Waals surface area contributed by atoms with E-state index in [4.69, 9.17) is 4.74 Å². The number of hydrogen-bond acceptors (Lipinski definition) is 4. The molecule has 176 valence electrons. The number of ether oxygens (including phenoxy) is 1. The summed E-state index contributed by atoms with van der Waals surface area (Å²) in [6.07, 6.45) is 11.4. The summed E-state index contributed by atoms with van der Waals surface area (Å²) in [5.41, 5.74) is 0.144. The number of nitrogens with zero attached hydrogens (tertiary/aromatic N) is 1. The largest absolute Gasteiger partial charge is 0.387 e. The van der Waals surface area contributed by atoms with Gasteiger partial charge < -0.3 is 9.84 Å². The molecular formula is C27H38FNO3. The van der Waals surface area contributed by atoms with Gasteiger partial charge in [-0.15, -0.1) is 0 Å². The summed E-state index contributed by atoms with van der Waals surface area (Å²) in [4.78, 5) is 17.4. The van der Waals surface area contributed by atoms with Crippen LogP contribution in [0.15, 0.2) is 18.3 Å². The molecule has 0 amide bonds. The first-order valence-corrected chi connectivity index (χ1v) is 12.7. The Morgan fingerprint density at radius 1 is 1.12 bits per heavy atom. The summed E-state index contributed by atoms with van der Waals surface area (Å²) in [6.45, 7) is 2.84. The van der Waals surface area contributed by atoms with Gasteiger partial charge in [-0.2, -0.15) is 0 Å². The average molecular weight is 444 g/mol. The molecule has 0 aliphatic heterocycles. The highest BCUT2D eigenvalue weighted by Crippen LogP contribution is 2.64. The summed E-state index contributed by atoms with van der Waals surface area (Å²) < 4.78 is 18.5. The van der Waals surface area contributed by atoms with Crippen LogP contribution in [0.25, 0.3) is 0 Å². The van der Waals surface area contributed by atoms with E-state index < -0.39 is 5.60 Å². The monoisotopic (exact) mass is 443 g/mol. The Morgan fingerprint density at radius 2 is 1.94 bits per heavy atom. The predicted octanol–water partition coefficient (Wildman–Crippen LogP) is 4.98. The van der Waals surface area contributed by atoms with Crippen molar-refractivity contribution in [3.8, 4) is 0 Å². The number of halogens is 1. The molecule has 5 rings (SSSR count). The highest BCUT2D eigenvalue weighted by atomic mass is 19.1. The van der Waals surface area contributed by atoms with Gasteiger partial charge in [0, 0.05) is 25.1 Å². The molecule has 4 nitrogen and oxygen atoms in total. The van der Waals surface area contributed by atoms with E-state index >= 15 is 0 Å². The third-order valence-electron chi connectivity index (χ3n) is 10.0. The molecule has 4 aliphatic rings. The van der Waals surface area contributed by atoms with E-state index in [-0.39, 0.29) is 17.2 Å². The van der Waals surface area contributed by atoms with Crippen LogP contribution in [0.2, 0.25) is 0 Å². The SMILES string of the molecule is COC[C@@]1(O)CC[C@H]2[C@H](CC[C@@H]3[C@@H]2CC[C@]2(C)[C@@H](C(=O)Cc4ccc(F)cn4)CC[C@@H]32)C1. The molecule has 1 N–H and O–H groups in total. The molecule has 0 radical (unpaired) electrons. The van der Waals surface area contributed by atoms with E-state index in [1.807, 2.05) is 0 Å². The highest BCUT2D eigenvalue weighted by Gasteiger charge is 2.58. The van der Waals surface area contributed by atoms with Crippen LogP contribution >= 0.6 is 0 Å². The molecule has 0 spiro atoms. The number of carbonyl (C=O) groups is 1. The smallest absolute Gasteiger partial charge is 0.142 e. The maximum Gasteiger partial charge on any atom is 0.142 e. The molecule has 0 bridgehead atoms. The fourth-order valence-electron chi connectivity index (χ4n) is 8.70. The number of aliphatic hydroxyl groups is 1. The van der Waals surface area contributed by atoms with Crippen molar-refractivity contribution in [2.75, 3.05) is 13.7 Å². The number of fused-ring (bicyclic) bond motifs is 5. The summed E-state index contributed by atoms with van der Waals surface area (Å²) in [5, 5.41) is 10.9. The molecule has 4 saturated carbocycles. The molecule has 0 aromatic carbocycles. The number of methoxy groups -OCH3 is 1. The van der Waals surface area contributed by atoms with E-state index in [1.165, 1.54) is 31.5 Å². The van der Waals surface area contributed by atoms with Gasteiger partial charge >= 0.3 is 0 Å². The van der Waals surface area contributed by atoms with Crippen molar-refractivity contribution in [2.24, 2.45) is 40.9 Å². The van der Waals surface area contributed by atoms with Crippen molar-refractivity contribution in [2.45, 2.75) is 76.7 Å². The molecule has 5 heteroatoms. The molecule has 8 atom stereocenters. The number of ketones is 1. The Balaban J connectivity index is 1.28. The van der Waals surface area contributed by atoms with Crippen LogP contribution in [-0.4, -0.2) is 35.2 Å². The number of hydrogen-bond donors (Lipinski definition) is 1. The minimum atomic E-state index is -0.634. The van der Waals surface area contributed by atoms with Crippen molar-refractivity contribution >= 4 is 5.78 Å². The van der Waals surface area contributed by atoms with Crippen LogP contribution in [0, 0.1) is 46.7 Å². The van der Waals surface area contributed by atoms with Gasteiger partial charge in [-0.05, 0) is 105 Å². The van der Waals surface area contributed by atoms with Gasteiger partial charge in [0.2, 0.25) is 0 Å².